The predicted octanol–water partition coefficient (Wildman–Crippen LogP) is 2.07. The lowest BCUT2D eigenvalue weighted by Gasteiger charge is -2.27. The molecule has 1 saturated heterocycles. The fourth-order valence-corrected chi connectivity index (χ4v) is 1.47. The highest BCUT2D eigenvalue weighted by atomic mass is 19.4. The van der Waals surface area contributed by atoms with Gasteiger partial charge in [0, 0.05) is 6.54 Å². The second-order valence-electron chi connectivity index (χ2n) is 3.81. The monoisotopic (exact) mass is 247 g/mol. The van der Waals surface area contributed by atoms with Crippen LogP contribution in [0.15, 0.2) is 24.3 Å². The lowest BCUT2D eigenvalue weighted by molar-refractivity contribution is -0.274. The van der Waals surface area contributed by atoms with E-state index in [0.29, 0.717) is 25.8 Å². The summed E-state index contributed by atoms with van der Waals surface area (Å²) in [6.45, 7) is 1.81. The van der Waals surface area contributed by atoms with Gasteiger partial charge in [-0.3, -0.25) is 0 Å². The van der Waals surface area contributed by atoms with Gasteiger partial charge in [-0.1, -0.05) is 12.1 Å². The number of benzene rings is 1. The smallest absolute Gasteiger partial charge is 0.406 e. The first kappa shape index (κ1) is 12.2. The third-order valence-electron chi connectivity index (χ3n) is 2.36. The highest BCUT2D eigenvalue weighted by Crippen LogP contribution is 2.23. The third kappa shape index (κ3) is 3.90. The van der Waals surface area contributed by atoms with E-state index in [-0.39, 0.29) is 5.75 Å². The molecule has 1 fully saturated rings. The molecule has 0 aromatic heterocycles. The SMILES string of the molecule is FC(F)(F)Oc1cccc(CNC2COC2)c1. The first-order valence-electron chi connectivity index (χ1n) is 5.19. The molecule has 3 nitrogen and oxygen atoms in total. The third-order valence-corrected chi connectivity index (χ3v) is 2.36. The van der Waals surface area contributed by atoms with Gasteiger partial charge in [0.15, 0.2) is 0 Å². The van der Waals surface area contributed by atoms with E-state index in [2.05, 4.69) is 10.1 Å². The molecular weight excluding hydrogens is 235 g/mol. The molecule has 17 heavy (non-hydrogen) atoms. The van der Waals surface area contributed by atoms with Crippen LogP contribution in [0, 0.1) is 0 Å². The highest BCUT2D eigenvalue weighted by Gasteiger charge is 2.31. The van der Waals surface area contributed by atoms with Crippen LogP contribution < -0.4 is 10.1 Å². The van der Waals surface area contributed by atoms with Crippen LogP contribution in [-0.4, -0.2) is 25.6 Å². The van der Waals surface area contributed by atoms with Crippen molar-refractivity contribution in [2.24, 2.45) is 0 Å². The largest absolute Gasteiger partial charge is 0.573 e. The van der Waals surface area contributed by atoms with Gasteiger partial charge in [0.2, 0.25) is 0 Å². The van der Waals surface area contributed by atoms with Gasteiger partial charge in [-0.2, -0.15) is 0 Å². The number of nitrogens with one attached hydrogen (secondary N) is 1. The van der Waals surface area contributed by atoms with Crippen molar-refractivity contribution in [3.8, 4) is 5.75 Å². The zero-order valence-electron chi connectivity index (χ0n) is 8.96. The fourth-order valence-electron chi connectivity index (χ4n) is 1.47. The van der Waals surface area contributed by atoms with Crippen molar-refractivity contribution in [2.75, 3.05) is 13.2 Å². The molecule has 0 spiro atoms. The standard InChI is InChI=1S/C11H12F3NO2/c12-11(13,14)17-10-3-1-2-8(4-10)5-15-9-6-16-7-9/h1-4,9,15H,5-7H2. The average molecular weight is 247 g/mol. The van der Waals surface area contributed by atoms with E-state index in [1.807, 2.05) is 0 Å². The molecule has 0 aliphatic carbocycles. The summed E-state index contributed by atoms with van der Waals surface area (Å²) in [5.41, 5.74) is 0.749. The van der Waals surface area contributed by atoms with Gasteiger partial charge in [0.1, 0.15) is 5.75 Å². The summed E-state index contributed by atoms with van der Waals surface area (Å²) in [5, 5.41) is 3.16. The number of halogens is 3. The van der Waals surface area contributed by atoms with Crippen LogP contribution in [0.4, 0.5) is 13.2 Å². The Bertz CT molecular complexity index is 377. The minimum Gasteiger partial charge on any atom is -0.406 e. The Balaban J connectivity index is 1.91. The first-order chi connectivity index (χ1) is 8.03. The van der Waals surface area contributed by atoms with E-state index in [1.54, 1.807) is 6.07 Å². The van der Waals surface area contributed by atoms with E-state index < -0.39 is 6.36 Å². The average Bonchev–Trinajstić information content (AvgIpc) is 2.13. The molecule has 1 N–H and O–H groups in total. The number of hydrogen-bond acceptors (Lipinski definition) is 3. The van der Waals surface area contributed by atoms with Crippen molar-refractivity contribution >= 4 is 0 Å². The molecule has 1 heterocycles. The minimum absolute atomic E-state index is 0.193. The number of hydrogen-bond donors (Lipinski definition) is 1. The van der Waals surface area contributed by atoms with Gasteiger partial charge in [-0.25, -0.2) is 0 Å². The van der Waals surface area contributed by atoms with Crippen molar-refractivity contribution in [1.29, 1.82) is 0 Å². The molecule has 94 valence electrons. The molecule has 0 saturated carbocycles. The molecule has 2 rings (SSSR count). The second-order valence-corrected chi connectivity index (χ2v) is 3.81. The van der Waals surface area contributed by atoms with Crippen LogP contribution in [0.3, 0.4) is 0 Å². The van der Waals surface area contributed by atoms with Crippen LogP contribution in [0.2, 0.25) is 0 Å². The molecule has 0 bridgehead atoms. The lowest BCUT2D eigenvalue weighted by Crippen LogP contribution is -2.45. The van der Waals surface area contributed by atoms with Crippen molar-refractivity contribution in [3.05, 3.63) is 29.8 Å². The molecule has 6 heteroatoms. The summed E-state index contributed by atoms with van der Waals surface area (Å²) in [5.74, 6) is -0.193. The number of ether oxygens (including phenoxy) is 2. The maximum absolute atomic E-state index is 12.0. The van der Waals surface area contributed by atoms with Crippen LogP contribution in [0.1, 0.15) is 5.56 Å². The molecule has 0 amide bonds. The second kappa shape index (κ2) is 4.93. The van der Waals surface area contributed by atoms with E-state index in [0.717, 1.165) is 5.56 Å². The normalized spacial score (nSPS) is 16.6. The van der Waals surface area contributed by atoms with E-state index in [1.165, 1.54) is 18.2 Å². The van der Waals surface area contributed by atoms with Gasteiger partial charge < -0.3 is 14.8 Å². The Hall–Kier alpha value is -1.27. The minimum atomic E-state index is -4.64. The lowest BCUT2D eigenvalue weighted by atomic mass is 10.2. The van der Waals surface area contributed by atoms with E-state index >= 15 is 0 Å². The number of alkyl halides is 3. The summed E-state index contributed by atoms with van der Waals surface area (Å²) < 4.78 is 44.8. The van der Waals surface area contributed by atoms with Crippen LogP contribution >= 0.6 is 0 Å². The summed E-state index contributed by atoms with van der Waals surface area (Å²) in [7, 11) is 0. The van der Waals surface area contributed by atoms with Gasteiger partial charge in [0.05, 0.1) is 19.3 Å². The molecule has 1 aromatic carbocycles. The summed E-state index contributed by atoms with van der Waals surface area (Å²) >= 11 is 0. The Morgan fingerprint density at radius 3 is 2.71 bits per heavy atom. The van der Waals surface area contributed by atoms with Gasteiger partial charge in [-0.05, 0) is 17.7 Å². The molecule has 0 radical (unpaired) electrons. The van der Waals surface area contributed by atoms with Crippen LogP contribution in [0.5, 0.6) is 5.75 Å². The Kier molecular flexibility index (Phi) is 3.54. The molecule has 0 unspecified atom stereocenters. The summed E-state index contributed by atoms with van der Waals surface area (Å²) in [6.07, 6.45) is -4.64. The zero-order chi connectivity index (χ0) is 12.3. The van der Waals surface area contributed by atoms with Crippen molar-refractivity contribution < 1.29 is 22.6 Å². The Morgan fingerprint density at radius 2 is 2.12 bits per heavy atom. The van der Waals surface area contributed by atoms with Gasteiger partial charge in [0.25, 0.3) is 0 Å². The Labute approximate surface area is 96.5 Å². The molecule has 1 aromatic rings. The molecule has 1 aliphatic heterocycles. The maximum Gasteiger partial charge on any atom is 0.573 e. The van der Waals surface area contributed by atoms with Gasteiger partial charge in [-0.15, -0.1) is 13.2 Å². The summed E-state index contributed by atoms with van der Waals surface area (Å²) in [6, 6.07) is 6.23. The molecule has 0 atom stereocenters. The topological polar surface area (TPSA) is 30.5 Å². The first-order valence-corrected chi connectivity index (χ1v) is 5.19. The summed E-state index contributed by atoms with van der Waals surface area (Å²) in [4.78, 5) is 0. The maximum atomic E-state index is 12.0. The van der Waals surface area contributed by atoms with Crippen LogP contribution in [-0.2, 0) is 11.3 Å². The van der Waals surface area contributed by atoms with Gasteiger partial charge >= 0.3 is 6.36 Å². The quantitative estimate of drug-likeness (QED) is 0.883. The van der Waals surface area contributed by atoms with Crippen molar-refractivity contribution in [1.82, 2.24) is 5.32 Å². The zero-order valence-corrected chi connectivity index (χ0v) is 8.96. The van der Waals surface area contributed by atoms with E-state index in [9.17, 15) is 13.2 Å². The van der Waals surface area contributed by atoms with E-state index in [4.69, 9.17) is 4.74 Å². The van der Waals surface area contributed by atoms with Crippen molar-refractivity contribution in [3.63, 3.8) is 0 Å². The van der Waals surface area contributed by atoms with Crippen LogP contribution in [0.25, 0.3) is 0 Å². The molecule has 1 aliphatic rings. The number of rotatable bonds is 4. The van der Waals surface area contributed by atoms with Crippen molar-refractivity contribution in [2.45, 2.75) is 18.9 Å². The fraction of sp³-hybridized carbons (Fsp3) is 0.455. The molecular formula is C11H12F3NO2. The predicted molar refractivity (Wildman–Crippen MR) is 54.6 cm³/mol. The Morgan fingerprint density at radius 1 is 1.35 bits per heavy atom. The highest BCUT2D eigenvalue weighted by molar-refractivity contribution is 5.28.